The largest absolute Gasteiger partial charge is 0.433 e. The van der Waals surface area contributed by atoms with Crippen molar-refractivity contribution in [1.82, 2.24) is 14.7 Å². The molecule has 3 aromatic rings. The quantitative estimate of drug-likeness (QED) is 0.651. The first-order valence-corrected chi connectivity index (χ1v) is 9.22. The Morgan fingerprint density at radius 1 is 1.15 bits per heavy atom. The van der Waals surface area contributed by atoms with Crippen molar-refractivity contribution in [3.63, 3.8) is 0 Å². The van der Waals surface area contributed by atoms with Gasteiger partial charge in [-0.25, -0.2) is 0 Å². The lowest BCUT2D eigenvalue weighted by atomic mass is 10.00. The normalized spacial score (nSPS) is 14.3. The van der Waals surface area contributed by atoms with Crippen molar-refractivity contribution >= 4 is 17.2 Å². The first kappa shape index (κ1) is 17.8. The van der Waals surface area contributed by atoms with Crippen molar-refractivity contribution in [2.24, 2.45) is 7.05 Å². The van der Waals surface area contributed by atoms with E-state index >= 15 is 0 Å². The Labute approximate surface area is 157 Å². The van der Waals surface area contributed by atoms with Gasteiger partial charge in [0, 0.05) is 20.1 Å². The lowest BCUT2D eigenvalue weighted by Crippen LogP contribution is -2.35. The van der Waals surface area contributed by atoms with Crippen LogP contribution in [0, 0.1) is 0 Å². The first-order chi connectivity index (χ1) is 12.8. The molecule has 0 unspecified atom stereocenters. The average molecular weight is 391 g/mol. The number of halogens is 3. The summed E-state index contributed by atoms with van der Waals surface area (Å²) < 4.78 is 39.7. The van der Waals surface area contributed by atoms with Crippen molar-refractivity contribution in [2.75, 3.05) is 6.54 Å². The molecule has 0 saturated carbocycles. The molecular formula is C19H16F3N3OS. The van der Waals surface area contributed by atoms with Gasteiger partial charge in [-0.15, -0.1) is 11.3 Å². The molecule has 0 spiro atoms. The Bertz CT molecular complexity index is 1010. The van der Waals surface area contributed by atoms with E-state index in [4.69, 9.17) is 0 Å². The third-order valence-electron chi connectivity index (χ3n) is 4.66. The summed E-state index contributed by atoms with van der Waals surface area (Å²) in [6, 6.07) is 12.3. The van der Waals surface area contributed by atoms with Crippen LogP contribution >= 0.6 is 11.3 Å². The van der Waals surface area contributed by atoms with Gasteiger partial charge in [-0.05, 0) is 35.7 Å². The number of rotatable bonds is 2. The highest BCUT2D eigenvalue weighted by molar-refractivity contribution is 7.17. The molecule has 27 heavy (non-hydrogen) atoms. The predicted octanol–water partition coefficient (Wildman–Crippen LogP) is 4.37. The number of hydrogen-bond acceptors (Lipinski definition) is 3. The number of aromatic nitrogens is 2. The summed E-state index contributed by atoms with van der Waals surface area (Å²) in [5, 5.41) is 3.94. The van der Waals surface area contributed by atoms with Crippen LogP contribution in [0.1, 0.15) is 26.5 Å². The van der Waals surface area contributed by atoms with Crippen LogP contribution in [0.3, 0.4) is 0 Å². The second kappa shape index (κ2) is 6.53. The fourth-order valence-corrected chi connectivity index (χ4v) is 4.20. The lowest BCUT2D eigenvalue weighted by molar-refractivity contribution is -0.143. The molecule has 1 aliphatic rings. The number of alkyl halides is 3. The van der Waals surface area contributed by atoms with Gasteiger partial charge < -0.3 is 4.90 Å². The monoisotopic (exact) mass is 391 g/mol. The van der Waals surface area contributed by atoms with E-state index in [-0.39, 0.29) is 11.6 Å². The summed E-state index contributed by atoms with van der Waals surface area (Å²) in [5.41, 5.74) is 1.79. The average Bonchev–Trinajstić information content (AvgIpc) is 3.27. The number of carbonyl (C=O) groups excluding carboxylic acids is 1. The molecule has 0 aliphatic carbocycles. The van der Waals surface area contributed by atoms with Gasteiger partial charge in [-0.1, -0.05) is 24.3 Å². The standard InChI is InChI=1S/C19H16F3N3OS/c1-24-17(19(20,21)22)10-14(23-24)15-6-7-16(27-15)18(26)25-9-8-12-4-2-3-5-13(12)11-25/h2-7,10H,8-9,11H2,1H3. The summed E-state index contributed by atoms with van der Waals surface area (Å²) in [7, 11) is 1.26. The van der Waals surface area contributed by atoms with Crippen molar-refractivity contribution in [1.29, 1.82) is 0 Å². The lowest BCUT2D eigenvalue weighted by Gasteiger charge is -2.28. The molecule has 4 nitrogen and oxygen atoms in total. The number of fused-ring (bicyclic) bond motifs is 1. The third-order valence-corrected chi connectivity index (χ3v) is 5.75. The topological polar surface area (TPSA) is 38.1 Å². The van der Waals surface area contributed by atoms with Gasteiger partial charge in [-0.2, -0.15) is 18.3 Å². The Morgan fingerprint density at radius 3 is 2.59 bits per heavy atom. The smallest absolute Gasteiger partial charge is 0.333 e. The highest BCUT2D eigenvalue weighted by atomic mass is 32.1. The van der Waals surface area contributed by atoms with E-state index in [0.717, 1.165) is 22.7 Å². The van der Waals surface area contributed by atoms with E-state index in [9.17, 15) is 18.0 Å². The zero-order valence-electron chi connectivity index (χ0n) is 14.5. The van der Waals surface area contributed by atoms with Crippen LogP contribution in [0.25, 0.3) is 10.6 Å². The molecule has 0 fully saturated rings. The second-order valence-electron chi connectivity index (χ2n) is 6.45. The Morgan fingerprint density at radius 2 is 1.89 bits per heavy atom. The SMILES string of the molecule is Cn1nc(-c2ccc(C(=O)N3CCc4ccccc4C3)s2)cc1C(F)(F)F. The molecule has 2 aromatic heterocycles. The molecule has 0 bridgehead atoms. The minimum absolute atomic E-state index is 0.104. The zero-order valence-corrected chi connectivity index (χ0v) is 15.3. The predicted molar refractivity (Wildman–Crippen MR) is 96.4 cm³/mol. The van der Waals surface area contributed by atoms with Crippen molar-refractivity contribution in [2.45, 2.75) is 19.1 Å². The third kappa shape index (κ3) is 3.37. The van der Waals surface area contributed by atoms with Crippen molar-refractivity contribution < 1.29 is 18.0 Å². The molecule has 4 rings (SSSR count). The zero-order chi connectivity index (χ0) is 19.2. The first-order valence-electron chi connectivity index (χ1n) is 8.40. The van der Waals surface area contributed by atoms with Gasteiger partial charge in [-0.3, -0.25) is 9.48 Å². The van der Waals surface area contributed by atoms with Gasteiger partial charge in [0.05, 0.1) is 9.75 Å². The Kier molecular flexibility index (Phi) is 4.30. The molecule has 0 atom stereocenters. The number of carbonyl (C=O) groups is 1. The molecular weight excluding hydrogens is 375 g/mol. The molecule has 0 saturated heterocycles. The summed E-state index contributed by atoms with van der Waals surface area (Å²) in [6.45, 7) is 1.18. The number of aryl methyl sites for hydroxylation is 1. The van der Waals surface area contributed by atoms with E-state index in [1.54, 1.807) is 17.0 Å². The molecule has 3 heterocycles. The molecule has 0 N–H and O–H groups in total. The van der Waals surface area contributed by atoms with Gasteiger partial charge in [0.2, 0.25) is 0 Å². The van der Waals surface area contributed by atoms with E-state index in [1.165, 1.54) is 23.9 Å². The van der Waals surface area contributed by atoms with Crippen LogP contribution < -0.4 is 0 Å². The maximum absolute atomic E-state index is 13.0. The molecule has 140 valence electrons. The summed E-state index contributed by atoms with van der Waals surface area (Å²) in [5.74, 6) is -0.104. The van der Waals surface area contributed by atoms with Crippen LogP contribution in [0.15, 0.2) is 42.5 Å². The Hall–Kier alpha value is -2.61. The fraction of sp³-hybridized carbons (Fsp3) is 0.263. The number of amides is 1. The van der Waals surface area contributed by atoms with Crippen LogP contribution in [0.4, 0.5) is 13.2 Å². The molecule has 0 radical (unpaired) electrons. The fourth-order valence-electron chi connectivity index (χ4n) is 3.27. The summed E-state index contributed by atoms with van der Waals surface area (Å²) in [6.07, 6.45) is -3.66. The minimum Gasteiger partial charge on any atom is -0.333 e. The molecule has 1 aromatic carbocycles. The van der Waals surface area contributed by atoms with Gasteiger partial charge in [0.15, 0.2) is 0 Å². The van der Waals surface area contributed by atoms with Gasteiger partial charge in [0.25, 0.3) is 5.91 Å². The number of hydrogen-bond donors (Lipinski definition) is 0. The van der Waals surface area contributed by atoms with Crippen LogP contribution in [0.2, 0.25) is 0 Å². The van der Waals surface area contributed by atoms with E-state index in [1.807, 2.05) is 18.2 Å². The van der Waals surface area contributed by atoms with Crippen LogP contribution in [0.5, 0.6) is 0 Å². The van der Waals surface area contributed by atoms with Crippen molar-refractivity contribution in [3.8, 4) is 10.6 Å². The van der Waals surface area contributed by atoms with Crippen LogP contribution in [-0.2, 0) is 26.2 Å². The second-order valence-corrected chi connectivity index (χ2v) is 7.53. The maximum atomic E-state index is 13.0. The van der Waals surface area contributed by atoms with Crippen molar-refractivity contribution in [3.05, 3.63) is 64.2 Å². The molecule has 1 amide bonds. The summed E-state index contributed by atoms with van der Waals surface area (Å²) >= 11 is 1.17. The highest BCUT2D eigenvalue weighted by Crippen LogP contribution is 2.34. The van der Waals surface area contributed by atoms with E-state index in [0.29, 0.717) is 22.8 Å². The van der Waals surface area contributed by atoms with Crippen LogP contribution in [-0.4, -0.2) is 27.1 Å². The molecule has 8 heteroatoms. The number of thiophene rings is 1. The maximum Gasteiger partial charge on any atom is 0.433 e. The minimum atomic E-state index is -4.46. The van der Waals surface area contributed by atoms with E-state index in [2.05, 4.69) is 11.2 Å². The number of nitrogens with zero attached hydrogens (tertiary/aromatic N) is 3. The van der Waals surface area contributed by atoms with E-state index < -0.39 is 11.9 Å². The Balaban J connectivity index is 1.56. The number of benzene rings is 1. The summed E-state index contributed by atoms with van der Waals surface area (Å²) in [4.78, 5) is 15.6. The molecule has 1 aliphatic heterocycles. The van der Waals surface area contributed by atoms with Gasteiger partial charge >= 0.3 is 6.18 Å². The highest BCUT2D eigenvalue weighted by Gasteiger charge is 2.35. The van der Waals surface area contributed by atoms with Gasteiger partial charge in [0.1, 0.15) is 11.4 Å².